The van der Waals surface area contributed by atoms with Gasteiger partial charge in [0.15, 0.2) is 5.69 Å². The number of amides is 2. The third-order valence-electron chi connectivity index (χ3n) is 3.59. The molecule has 25 heavy (non-hydrogen) atoms. The molecule has 0 aromatic carbocycles. The second-order valence-corrected chi connectivity index (χ2v) is 5.44. The number of carbonyl (C=O) groups excluding carboxylic acids is 2. The van der Waals surface area contributed by atoms with Crippen molar-refractivity contribution >= 4 is 17.3 Å². The van der Waals surface area contributed by atoms with Gasteiger partial charge in [-0.25, -0.2) is 4.98 Å². The van der Waals surface area contributed by atoms with Crippen LogP contribution >= 0.6 is 0 Å². The maximum Gasteiger partial charge on any atom is 0.287 e. The van der Waals surface area contributed by atoms with Crippen molar-refractivity contribution in [3.63, 3.8) is 0 Å². The largest absolute Gasteiger partial charge is 0.385 e. The average molecular weight is 348 g/mol. The highest BCUT2D eigenvalue weighted by atomic mass is 16.5. The lowest BCUT2D eigenvalue weighted by Crippen LogP contribution is -2.28. The summed E-state index contributed by atoms with van der Waals surface area (Å²) in [6, 6.07) is 5.36. The van der Waals surface area contributed by atoms with Gasteiger partial charge in [0, 0.05) is 46.7 Å². The van der Waals surface area contributed by atoms with Crippen molar-refractivity contribution in [3.8, 4) is 0 Å². The van der Waals surface area contributed by atoms with Crippen LogP contribution in [0.25, 0.3) is 5.52 Å². The molecule has 2 aromatic rings. The van der Waals surface area contributed by atoms with Crippen molar-refractivity contribution in [1.29, 1.82) is 0 Å². The van der Waals surface area contributed by atoms with Crippen molar-refractivity contribution in [1.82, 2.24) is 20.0 Å². The molecular weight excluding hydrogens is 324 g/mol. The summed E-state index contributed by atoms with van der Waals surface area (Å²) in [5.74, 6) is -0.441. The van der Waals surface area contributed by atoms with Gasteiger partial charge in [-0.2, -0.15) is 0 Å². The maximum atomic E-state index is 12.4. The van der Waals surface area contributed by atoms with Crippen LogP contribution in [0.5, 0.6) is 0 Å². The Morgan fingerprint density at radius 1 is 1.04 bits per heavy atom. The van der Waals surface area contributed by atoms with E-state index in [1.807, 2.05) is 0 Å². The van der Waals surface area contributed by atoms with E-state index in [1.165, 1.54) is 0 Å². The number of rotatable bonds is 10. The van der Waals surface area contributed by atoms with Crippen LogP contribution in [0.2, 0.25) is 0 Å². The standard InChI is InChI=1S/C17H24N4O4/c1-24-11-5-8-18-16(22)14-13-7-3-4-10-21(13)15(20-14)17(23)19-9-6-12-25-2/h3-4,7,10H,5-6,8-9,11-12H2,1-2H3,(H,18,22)(H,19,23). The fourth-order valence-electron chi connectivity index (χ4n) is 2.36. The van der Waals surface area contributed by atoms with Crippen LogP contribution in [0.15, 0.2) is 24.4 Å². The van der Waals surface area contributed by atoms with Crippen LogP contribution in [0.4, 0.5) is 0 Å². The summed E-state index contributed by atoms with van der Waals surface area (Å²) in [5, 5.41) is 5.58. The van der Waals surface area contributed by atoms with Gasteiger partial charge < -0.3 is 20.1 Å². The number of hydrogen-bond acceptors (Lipinski definition) is 5. The van der Waals surface area contributed by atoms with E-state index in [2.05, 4.69) is 15.6 Å². The van der Waals surface area contributed by atoms with Gasteiger partial charge in [0.1, 0.15) is 0 Å². The third-order valence-corrected chi connectivity index (χ3v) is 3.59. The smallest absolute Gasteiger partial charge is 0.287 e. The zero-order valence-corrected chi connectivity index (χ0v) is 14.6. The van der Waals surface area contributed by atoms with E-state index in [0.717, 1.165) is 0 Å². The molecule has 136 valence electrons. The second-order valence-electron chi connectivity index (χ2n) is 5.44. The first-order valence-corrected chi connectivity index (χ1v) is 8.20. The Labute approximate surface area is 146 Å². The van der Waals surface area contributed by atoms with Crippen LogP contribution in [-0.2, 0) is 9.47 Å². The van der Waals surface area contributed by atoms with Crippen LogP contribution in [0, 0.1) is 0 Å². The molecule has 2 aromatic heterocycles. The van der Waals surface area contributed by atoms with Gasteiger partial charge in [-0.05, 0) is 25.0 Å². The molecule has 0 unspecified atom stereocenters. The Bertz CT molecular complexity index is 656. The highest BCUT2D eigenvalue weighted by molar-refractivity contribution is 6.02. The number of hydrogen-bond donors (Lipinski definition) is 2. The molecule has 0 saturated carbocycles. The van der Waals surface area contributed by atoms with Gasteiger partial charge in [0.2, 0.25) is 5.82 Å². The first-order chi connectivity index (χ1) is 12.2. The highest BCUT2D eigenvalue weighted by Gasteiger charge is 2.20. The Morgan fingerprint density at radius 2 is 1.68 bits per heavy atom. The summed E-state index contributed by atoms with van der Waals surface area (Å²) in [6.07, 6.45) is 3.13. The molecule has 2 N–H and O–H groups in total. The lowest BCUT2D eigenvalue weighted by molar-refractivity contribution is 0.0937. The lowest BCUT2D eigenvalue weighted by Gasteiger charge is -2.03. The van der Waals surface area contributed by atoms with Gasteiger partial charge in [-0.3, -0.25) is 14.0 Å². The van der Waals surface area contributed by atoms with Crippen LogP contribution in [0.3, 0.4) is 0 Å². The molecule has 0 fully saturated rings. The van der Waals surface area contributed by atoms with Gasteiger partial charge >= 0.3 is 0 Å². The van der Waals surface area contributed by atoms with Crippen molar-refractivity contribution < 1.29 is 19.1 Å². The maximum absolute atomic E-state index is 12.4. The fraction of sp³-hybridized carbons (Fsp3) is 0.471. The third kappa shape index (κ3) is 5.01. The zero-order valence-electron chi connectivity index (χ0n) is 14.6. The molecule has 2 amide bonds. The van der Waals surface area contributed by atoms with E-state index < -0.39 is 0 Å². The van der Waals surface area contributed by atoms with Gasteiger partial charge in [-0.15, -0.1) is 0 Å². The molecule has 2 heterocycles. The van der Waals surface area contributed by atoms with Crippen LogP contribution in [-0.4, -0.2) is 61.7 Å². The Hall–Kier alpha value is -2.45. The summed E-state index contributed by atoms with van der Waals surface area (Å²) < 4.78 is 11.5. The summed E-state index contributed by atoms with van der Waals surface area (Å²) in [5.41, 5.74) is 0.828. The number of imidazole rings is 1. The fourth-order valence-corrected chi connectivity index (χ4v) is 2.36. The molecule has 0 aliphatic carbocycles. The molecule has 8 nitrogen and oxygen atoms in total. The van der Waals surface area contributed by atoms with Crippen molar-refractivity contribution in [2.24, 2.45) is 0 Å². The summed E-state index contributed by atoms with van der Waals surface area (Å²) in [7, 11) is 3.23. The predicted octanol–water partition coefficient (Wildman–Crippen LogP) is 0.867. The van der Waals surface area contributed by atoms with E-state index in [-0.39, 0.29) is 23.3 Å². The number of nitrogens with one attached hydrogen (secondary N) is 2. The van der Waals surface area contributed by atoms with E-state index in [4.69, 9.17) is 9.47 Å². The minimum absolute atomic E-state index is 0.190. The molecule has 0 spiro atoms. The van der Waals surface area contributed by atoms with E-state index in [9.17, 15) is 9.59 Å². The topological polar surface area (TPSA) is 94.0 Å². The molecular formula is C17H24N4O4. The summed E-state index contributed by atoms with van der Waals surface area (Å²) in [4.78, 5) is 29.0. The quantitative estimate of drug-likeness (QED) is 0.621. The van der Waals surface area contributed by atoms with Crippen molar-refractivity contribution in [2.75, 3.05) is 40.5 Å². The first-order valence-electron chi connectivity index (χ1n) is 8.20. The van der Waals surface area contributed by atoms with E-state index >= 15 is 0 Å². The van der Waals surface area contributed by atoms with Gasteiger partial charge in [-0.1, -0.05) is 6.07 Å². The van der Waals surface area contributed by atoms with E-state index in [1.54, 1.807) is 43.0 Å². The predicted molar refractivity (Wildman–Crippen MR) is 92.8 cm³/mol. The van der Waals surface area contributed by atoms with Gasteiger partial charge in [0.25, 0.3) is 11.8 Å². The number of carbonyl (C=O) groups is 2. The van der Waals surface area contributed by atoms with Crippen molar-refractivity contribution in [2.45, 2.75) is 12.8 Å². The summed E-state index contributed by atoms with van der Waals surface area (Å²) in [6.45, 7) is 2.10. The first kappa shape index (κ1) is 18.9. The number of nitrogens with zero attached hydrogens (tertiary/aromatic N) is 2. The number of ether oxygens (including phenoxy) is 2. The lowest BCUT2D eigenvalue weighted by atomic mass is 10.3. The number of pyridine rings is 1. The molecule has 0 aliphatic heterocycles. The van der Waals surface area contributed by atoms with Gasteiger partial charge in [0.05, 0.1) is 5.52 Å². The molecule has 8 heteroatoms. The summed E-state index contributed by atoms with van der Waals surface area (Å²) >= 11 is 0. The highest BCUT2D eigenvalue weighted by Crippen LogP contribution is 2.13. The SMILES string of the molecule is COCCCNC(=O)c1nc(C(=O)NCCCOC)n2ccccc12. The van der Waals surface area contributed by atoms with Crippen molar-refractivity contribution in [3.05, 3.63) is 35.9 Å². The molecule has 0 saturated heterocycles. The Morgan fingerprint density at radius 3 is 2.32 bits per heavy atom. The average Bonchev–Trinajstić information content (AvgIpc) is 3.02. The molecule has 0 atom stereocenters. The normalized spacial score (nSPS) is 10.8. The monoisotopic (exact) mass is 348 g/mol. The molecule has 0 radical (unpaired) electrons. The Kier molecular flexibility index (Phi) is 7.36. The van der Waals surface area contributed by atoms with Crippen LogP contribution < -0.4 is 10.6 Å². The zero-order chi connectivity index (χ0) is 18.1. The number of aromatic nitrogens is 2. The van der Waals surface area contributed by atoms with E-state index in [0.29, 0.717) is 44.7 Å². The minimum Gasteiger partial charge on any atom is -0.385 e. The Balaban J connectivity index is 2.13. The number of methoxy groups -OCH3 is 2. The molecule has 0 bridgehead atoms. The minimum atomic E-state index is -0.323. The molecule has 0 aliphatic rings. The van der Waals surface area contributed by atoms with Crippen LogP contribution in [0.1, 0.15) is 33.9 Å². The molecule has 2 rings (SSSR count). The second kappa shape index (κ2) is 9.75. The number of fused-ring (bicyclic) bond motifs is 1.